The minimum atomic E-state index is -0.205. The van der Waals surface area contributed by atoms with Gasteiger partial charge in [-0.05, 0) is 12.1 Å². The standard InChI is InChI=1S/C17H19N5O3S/c1-24-11-5-3-4-10-12(11)13-14(18-10)19-16(25-2)20-15(13)21-6-8-22(9-7-21)17(23)26/h3-5H,6-9H2,1-2H3,(H,23,26)(H,18,19,20). The van der Waals surface area contributed by atoms with Gasteiger partial charge in [-0.15, -0.1) is 0 Å². The third-order valence-corrected chi connectivity index (χ3v) is 4.93. The number of hydrogen-bond donors (Lipinski definition) is 2. The molecule has 0 radical (unpaired) electrons. The summed E-state index contributed by atoms with van der Waals surface area (Å²) in [4.78, 5) is 27.7. The highest BCUT2D eigenvalue weighted by Gasteiger charge is 2.25. The Kier molecular flexibility index (Phi) is 4.23. The molecule has 0 spiro atoms. The van der Waals surface area contributed by atoms with Crippen LogP contribution in [0.5, 0.6) is 11.8 Å². The van der Waals surface area contributed by atoms with Gasteiger partial charge in [-0.3, -0.25) is 4.79 Å². The quantitative estimate of drug-likeness (QED) is 0.686. The molecule has 0 aliphatic carbocycles. The molecule has 3 aromatic rings. The number of rotatable bonds is 3. The Hall–Kier alpha value is -2.68. The Morgan fingerprint density at radius 2 is 1.88 bits per heavy atom. The van der Waals surface area contributed by atoms with Gasteiger partial charge < -0.3 is 24.3 Å². The van der Waals surface area contributed by atoms with E-state index in [1.165, 1.54) is 0 Å². The van der Waals surface area contributed by atoms with Crippen LogP contribution >= 0.6 is 12.6 Å². The summed E-state index contributed by atoms with van der Waals surface area (Å²) in [7, 11) is 3.19. The summed E-state index contributed by atoms with van der Waals surface area (Å²) in [6.07, 6.45) is 0. The maximum Gasteiger partial charge on any atom is 0.320 e. The van der Waals surface area contributed by atoms with Crippen LogP contribution in [0.4, 0.5) is 10.6 Å². The summed E-state index contributed by atoms with van der Waals surface area (Å²) >= 11 is 3.91. The van der Waals surface area contributed by atoms with Crippen molar-refractivity contribution in [2.24, 2.45) is 0 Å². The second kappa shape index (κ2) is 6.56. The lowest BCUT2D eigenvalue weighted by molar-refractivity contribution is 0.220. The van der Waals surface area contributed by atoms with E-state index in [-0.39, 0.29) is 5.24 Å². The smallest absolute Gasteiger partial charge is 0.320 e. The van der Waals surface area contributed by atoms with Crippen molar-refractivity contribution in [1.29, 1.82) is 0 Å². The molecule has 4 rings (SSSR count). The lowest BCUT2D eigenvalue weighted by atomic mass is 10.1. The first-order valence-corrected chi connectivity index (χ1v) is 8.70. The average Bonchev–Trinajstić information content (AvgIpc) is 3.05. The monoisotopic (exact) mass is 373 g/mol. The zero-order chi connectivity index (χ0) is 18.3. The van der Waals surface area contributed by atoms with E-state index >= 15 is 0 Å². The highest BCUT2D eigenvalue weighted by atomic mass is 32.1. The number of methoxy groups -OCH3 is 2. The number of carbonyl (C=O) groups is 1. The van der Waals surface area contributed by atoms with Gasteiger partial charge in [-0.25, -0.2) is 0 Å². The topological polar surface area (TPSA) is 83.6 Å². The average molecular weight is 373 g/mol. The lowest BCUT2D eigenvalue weighted by Crippen LogP contribution is -2.47. The molecule has 1 saturated heterocycles. The van der Waals surface area contributed by atoms with Crippen LogP contribution in [-0.4, -0.2) is 65.5 Å². The summed E-state index contributed by atoms with van der Waals surface area (Å²) in [6, 6.07) is 6.12. The van der Waals surface area contributed by atoms with Gasteiger partial charge in [-0.1, -0.05) is 18.7 Å². The first kappa shape index (κ1) is 16.8. The van der Waals surface area contributed by atoms with E-state index in [1.807, 2.05) is 18.2 Å². The Morgan fingerprint density at radius 1 is 1.12 bits per heavy atom. The Labute approximate surface area is 155 Å². The molecule has 3 heterocycles. The van der Waals surface area contributed by atoms with Crippen molar-refractivity contribution in [1.82, 2.24) is 19.9 Å². The fourth-order valence-electron chi connectivity index (χ4n) is 3.37. The molecule has 1 aromatic carbocycles. The van der Waals surface area contributed by atoms with Crippen molar-refractivity contribution in [2.75, 3.05) is 45.3 Å². The number of anilines is 1. The van der Waals surface area contributed by atoms with E-state index in [2.05, 4.69) is 32.5 Å². The normalized spacial score (nSPS) is 14.9. The number of nitrogens with zero attached hydrogens (tertiary/aromatic N) is 4. The molecule has 136 valence electrons. The summed E-state index contributed by atoms with van der Waals surface area (Å²) < 4.78 is 10.8. The van der Waals surface area contributed by atoms with Crippen LogP contribution in [0.15, 0.2) is 18.2 Å². The van der Waals surface area contributed by atoms with Crippen LogP contribution in [-0.2, 0) is 0 Å². The van der Waals surface area contributed by atoms with Crippen molar-refractivity contribution < 1.29 is 14.3 Å². The zero-order valence-electron chi connectivity index (χ0n) is 14.5. The molecule has 0 saturated carbocycles. The van der Waals surface area contributed by atoms with Gasteiger partial charge in [0.05, 0.1) is 30.5 Å². The first-order chi connectivity index (χ1) is 12.6. The number of nitrogens with one attached hydrogen (secondary N) is 1. The molecule has 8 nitrogen and oxygen atoms in total. The van der Waals surface area contributed by atoms with Crippen molar-refractivity contribution in [2.45, 2.75) is 0 Å². The van der Waals surface area contributed by atoms with E-state index < -0.39 is 0 Å². The van der Waals surface area contributed by atoms with E-state index in [0.717, 1.165) is 27.9 Å². The third kappa shape index (κ3) is 2.68. The number of aromatic amines is 1. The van der Waals surface area contributed by atoms with Gasteiger partial charge in [0.15, 0.2) is 0 Å². The molecule has 2 aromatic heterocycles. The molecule has 0 atom stereocenters. The van der Waals surface area contributed by atoms with Crippen LogP contribution in [0.1, 0.15) is 0 Å². The maximum absolute atomic E-state index is 11.5. The molecule has 0 bridgehead atoms. The number of benzene rings is 1. The minimum Gasteiger partial charge on any atom is -0.496 e. The molecule has 26 heavy (non-hydrogen) atoms. The van der Waals surface area contributed by atoms with Gasteiger partial charge in [0.2, 0.25) is 0 Å². The van der Waals surface area contributed by atoms with E-state index in [9.17, 15) is 4.79 Å². The second-order valence-corrected chi connectivity index (χ2v) is 6.40. The molecular formula is C17H19N5O3S. The summed E-state index contributed by atoms with van der Waals surface area (Å²) in [5.74, 6) is 1.53. The molecule has 1 amide bonds. The summed E-state index contributed by atoms with van der Waals surface area (Å²) in [6.45, 7) is 2.50. The predicted octanol–water partition coefficient (Wildman–Crippen LogP) is 2.30. The van der Waals surface area contributed by atoms with Crippen molar-refractivity contribution in [3.63, 3.8) is 0 Å². The number of hydrogen-bond acceptors (Lipinski definition) is 6. The molecule has 1 fully saturated rings. The lowest BCUT2D eigenvalue weighted by Gasteiger charge is -2.34. The van der Waals surface area contributed by atoms with Gasteiger partial charge in [0, 0.05) is 26.2 Å². The molecule has 0 unspecified atom stereocenters. The third-order valence-electron chi connectivity index (χ3n) is 4.65. The number of amides is 1. The molecule has 1 aliphatic heterocycles. The molecule has 1 N–H and O–H groups in total. The SMILES string of the molecule is COc1nc(N2CCN(C(=O)S)CC2)c2c(n1)[nH]c1cccc(OC)c12. The molecule has 9 heteroatoms. The van der Waals surface area contributed by atoms with Crippen LogP contribution in [0.2, 0.25) is 0 Å². The second-order valence-electron chi connectivity index (χ2n) is 6.02. The number of H-pyrrole nitrogens is 1. The number of ether oxygens (including phenoxy) is 2. The molecule has 1 aliphatic rings. The zero-order valence-corrected chi connectivity index (χ0v) is 15.4. The van der Waals surface area contributed by atoms with E-state index in [0.29, 0.717) is 37.8 Å². The van der Waals surface area contributed by atoms with Gasteiger partial charge in [0.25, 0.3) is 5.24 Å². The number of carbonyl (C=O) groups excluding carboxylic acids is 1. The fourth-order valence-corrected chi connectivity index (χ4v) is 3.57. The Balaban J connectivity index is 1.88. The van der Waals surface area contributed by atoms with Gasteiger partial charge in [0.1, 0.15) is 17.2 Å². The van der Waals surface area contributed by atoms with E-state index in [1.54, 1.807) is 19.1 Å². The first-order valence-electron chi connectivity index (χ1n) is 8.25. The fraction of sp³-hybridized carbons (Fsp3) is 0.353. The summed E-state index contributed by atoms with van der Waals surface area (Å²) in [5, 5.41) is 1.63. The van der Waals surface area contributed by atoms with Crippen molar-refractivity contribution in [3.05, 3.63) is 18.2 Å². The maximum atomic E-state index is 11.5. The predicted molar refractivity (Wildman–Crippen MR) is 103 cm³/mol. The van der Waals surface area contributed by atoms with Gasteiger partial charge >= 0.3 is 6.01 Å². The van der Waals surface area contributed by atoms with Crippen molar-refractivity contribution in [3.8, 4) is 11.8 Å². The number of fused-ring (bicyclic) bond motifs is 3. The summed E-state index contributed by atoms with van der Waals surface area (Å²) in [5.41, 5.74) is 1.62. The van der Waals surface area contributed by atoms with Crippen LogP contribution in [0.3, 0.4) is 0 Å². The Bertz CT molecular complexity index is 981. The van der Waals surface area contributed by atoms with Crippen LogP contribution in [0, 0.1) is 0 Å². The van der Waals surface area contributed by atoms with E-state index in [4.69, 9.17) is 9.47 Å². The highest BCUT2D eigenvalue weighted by Crippen LogP contribution is 2.38. The highest BCUT2D eigenvalue weighted by molar-refractivity contribution is 7.96. The number of piperazine rings is 1. The Morgan fingerprint density at radius 3 is 2.54 bits per heavy atom. The molecular weight excluding hydrogens is 354 g/mol. The van der Waals surface area contributed by atoms with Crippen LogP contribution < -0.4 is 14.4 Å². The number of thiol groups is 1. The largest absolute Gasteiger partial charge is 0.496 e. The van der Waals surface area contributed by atoms with Gasteiger partial charge in [-0.2, -0.15) is 9.97 Å². The van der Waals surface area contributed by atoms with Crippen molar-refractivity contribution >= 4 is 45.6 Å². The minimum absolute atomic E-state index is 0.205. The number of aromatic nitrogens is 3. The van der Waals surface area contributed by atoms with Crippen LogP contribution in [0.25, 0.3) is 21.9 Å².